The number of fused-ring (bicyclic) bond motifs is 5. The average molecular weight is 667 g/mol. The molecule has 0 aliphatic heterocycles. The summed E-state index contributed by atoms with van der Waals surface area (Å²) < 4.78 is 138. The molecule has 0 aromatic carbocycles. The van der Waals surface area contributed by atoms with Gasteiger partial charge in [-0.3, -0.25) is 0 Å². The maximum Gasteiger partial charge on any atom is 0.471 e. The Balaban J connectivity index is 1.46. The molecule has 0 aromatic heterocycles. The van der Waals surface area contributed by atoms with E-state index in [4.69, 9.17) is 0 Å². The molecule has 0 spiro atoms. The van der Waals surface area contributed by atoms with E-state index in [0.29, 0.717) is 48.3 Å². The number of halogens is 8. The van der Waals surface area contributed by atoms with Gasteiger partial charge in [0.05, 0.1) is 0 Å². The number of hydrogen-bond donors (Lipinski definition) is 0. The number of hydrogen-bond acceptors (Lipinski definition) is 4. The molecule has 0 heterocycles. The Hall–Kier alpha value is -1.11. The van der Waals surface area contributed by atoms with E-state index in [1.165, 1.54) is 31.8 Å². The lowest BCUT2D eigenvalue weighted by Gasteiger charge is -2.60. The standard InChI is InChI=1S/C31H46F8O4S/c1-18(2)7-6-8-19(3)23-11-12-24-22-10-9-20-17-21(13-15-27(20,4)25(22)14-16-28(23,24)5)42-44(40,41)31(38,39)30(36,37)43-29(34,35)26(32)33/h17-20,22-26H,6-16H2,1-5H3/t19-,20?,22+,23-,24+,25+,27+,28-/m1/s1. The summed E-state index contributed by atoms with van der Waals surface area (Å²) in [6.07, 6.45) is -6.17. The lowest BCUT2D eigenvalue weighted by Crippen LogP contribution is -2.54. The van der Waals surface area contributed by atoms with E-state index in [2.05, 4.69) is 43.5 Å². The van der Waals surface area contributed by atoms with E-state index in [0.717, 1.165) is 25.7 Å². The Kier molecular flexibility index (Phi) is 9.88. The lowest BCUT2D eigenvalue weighted by molar-refractivity contribution is -0.435. The van der Waals surface area contributed by atoms with Crippen molar-refractivity contribution in [2.75, 3.05) is 0 Å². The summed E-state index contributed by atoms with van der Waals surface area (Å²) in [5, 5.41) is -6.36. The SMILES string of the molecule is CC(C)CCC[C@@H](C)[C@H]1CC[C@H]2[C@@H]3CCC4C=C(OS(=O)(=O)C(F)(F)C(F)(F)OC(F)(F)C(F)F)CC[C@]4(C)[C@H]3CC[C@]12C. The first-order chi connectivity index (χ1) is 20.1. The monoisotopic (exact) mass is 666 g/mol. The Labute approximate surface area is 255 Å². The second-order valence-corrected chi connectivity index (χ2v) is 16.4. The molecule has 3 fully saturated rings. The van der Waals surface area contributed by atoms with E-state index >= 15 is 0 Å². The zero-order valence-electron chi connectivity index (χ0n) is 26.0. The van der Waals surface area contributed by atoms with E-state index < -0.39 is 39.8 Å². The summed E-state index contributed by atoms with van der Waals surface area (Å²) in [5.74, 6) is 2.60. The van der Waals surface area contributed by atoms with Crippen molar-refractivity contribution >= 4 is 10.1 Å². The van der Waals surface area contributed by atoms with Crippen molar-refractivity contribution in [2.45, 2.75) is 129 Å². The van der Waals surface area contributed by atoms with Gasteiger partial charge in [-0.15, -0.1) is 0 Å². The van der Waals surface area contributed by atoms with Gasteiger partial charge in [0.15, 0.2) is 0 Å². The predicted molar refractivity (Wildman–Crippen MR) is 148 cm³/mol. The smallest absolute Gasteiger partial charge is 0.383 e. The maximum atomic E-state index is 14.3. The van der Waals surface area contributed by atoms with Crippen LogP contribution in [0.2, 0.25) is 0 Å². The third kappa shape index (κ3) is 6.27. The molecule has 13 heteroatoms. The number of alkyl halides is 8. The fourth-order valence-electron chi connectivity index (χ4n) is 9.54. The Morgan fingerprint density at radius 1 is 0.886 bits per heavy atom. The van der Waals surface area contributed by atoms with Gasteiger partial charge in [-0.25, -0.2) is 13.5 Å². The highest BCUT2D eigenvalue weighted by Gasteiger charge is 2.73. The molecule has 3 saturated carbocycles. The summed E-state index contributed by atoms with van der Waals surface area (Å²) in [7, 11) is -6.60. The van der Waals surface area contributed by atoms with Gasteiger partial charge >= 0.3 is 34.0 Å². The first-order valence-corrected chi connectivity index (χ1v) is 17.3. The molecule has 0 radical (unpaired) electrons. The molecule has 256 valence electrons. The molecule has 0 bridgehead atoms. The van der Waals surface area contributed by atoms with Gasteiger partial charge in [0.2, 0.25) is 0 Å². The molecule has 1 unspecified atom stereocenters. The minimum absolute atomic E-state index is 0.136. The highest BCUT2D eigenvalue weighted by atomic mass is 32.2. The second kappa shape index (κ2) is 12.2. The van der Waals surface area contributed by atoms with Crippen molar-refractivity contribution in [3.8, 4) is 0 Å². The molecule has 0 N–H and O–H groups in total. The van der Waals surface area contributed by atoms with Crippen molar-refractivity contribution in [1.29, 1.82) is 0 Å². The van der Waals surface area contributed by atoms with Crippen LogP contribution in [0, 0.1) is 52.3 Å². The summed E-state index contributed by atoms with van der Waals surface area (Å²) in [4.78, 5) is 0. The molecule has 0 amide bonds. The van der Waals surface area contributed by atoms with E-state index in [1.807, 2.05) is 0 Å². The summed E-state index contributed by atoms with van der Waals surface area (Å²) in [6, 6.07) is 0. The molecule has 8 atom stereocenters. The van der Waals surface area contributed by atoms with Crippen LogP contribution in [-0.2, 0) is 19.0 Å². The fourth-order valence-corrected chi connectivity index (χ4v) is 10.4. The number of ether oxygens (including phenoxy) is 1. The summed E-state index contributed by atoms with van der Waals surface area (Å²) >= 11 is 0. The van der Waals surface area contributed by atoms with Crippen LogP contribution >= 0.6 is 0 Å². The van der Waals surface area contributed by atoms with Crippen LogP contribution in [0.15, 0.2) is 11.8 Å². The van der Waals surface area contributed by atoms with Gasteiger partial charge < -0.3 is 4.18 Å². The van der Waals surface area contributed by atoms with Crippen LogP contribution in [-0.4, -0.2) is 32.3 Å². The van der Waals surface area contributed by atoms with Crippen LogP contribution in [0.5, 0.6) is 0 Å². The van der Waals surface area contributed by atoms with Gasteiger partial charge in [0.25, 0.3) is 0 Å². The average Bonchev–Trinajstić information content (AvgIpc) is 3.25. The van der Waals surface area contributed by atoms with Gasteiger partial charge in [-0.05, 0) is 103 Å². The third-order valence-corrected chi connectivity index (χ3v) is 13.1. The highest BCUT2D eigenvalue weighted by Crippen LogP contribution is 2.68. The molecule has 44 heavy (non-hydrogen) atoms. The predicted octanol–water partition coefficient (Wildman–Crippen LogP) is 10.0. The van der Waals surface area contributed by atoms with Gasteiger partial charge in [0, 0.05) is 6.42 Å². The first-order valence-electron chi connectivity index (χ1n) is 15.9. The lowest BCUT2D eigenvalue weighted by atomic mass is 9.45. The van der Waals surface area contributed by atoms with Gasteiger partial charge in [-0.1, -0.05) is 53.9 Å². The van der Waals surface area contributed by atoms with Crippen LogP contribution < -0.4 is 0 Å². The maximum absolute atomic E-state index is 14.3. The Bertz CT molecular complexity index is 1180. The summed E-state index contributed by atoms with van der Waals surface area (Å²) in [6.45, 7) is 11.4. The molecule has 4 aliphatic carbocycles. The van der Waals surface area contributed by atoms with Gasteiger partial charge in [-0.2, -0.15) is 34.8 Å². The second-order valence-electron chi connectivity index (χ2n) is 14.8. The molecule has 0 saturated heterocycles. The van der Waals surface area contributed by atoms with Crippen LogP contribution in [0.25, 0.3) is 0 Å². The van der Waals surface area contributed by atoms with E-state index in [1.54, 1.807) is 0 Å². The fraction of sp³-hybridized carbons (Fsp3) is 0.935. The van der Waals surface area contributed by atoms with Crippen molar-refractivity contribution in [2.24, 2.45) is 52.3 Å². The number of allylic oxidation sites excluding steroid dienone is 2. The zero-order chi connectivity index (χ0) is 33.1. The minimum Gasteiger partial charge on any atom is -0.383 e. The van der Waals surface area contributed by atoms with Crippen LogP contribution in [0.4, 0.5) is 35.1 Å². The molecule has 4 rings (SSSR count). The topological polar surface area (TPSA) is 52.6 Å². The van der Waals surface area contributed by atoms with Crippen molar-refractivity contribution in [1.82, 2.24) is 0 Å². The van der Waals surface area contributed by atoms with E-state index in [-0.39, 0.29) is 23.2 Å². The Morgan fingerprint density at radius 3 is 2.14 bits per heavy atom. The Morgan fingerprint density at radius 2 is 1.52 bits per heavy atom. The van der Waals surface area contributed by atoms with E-state index in [9.17, 15) is 43.5 Å². The molecule has 0 aromatic rings. The molecular weight excluding hydrogens is 620 g/mol. The highest BCUT2D eigenvalue weighted by molar-refractivity contribution is 7.88. The van der Waals surface area contributed by atoms with Gasteiger partial charge in [0.1, 0.15) is 5.76 Å². The van der Waals surface area contributed by atoms with Crippen LogP contribution in [0.1, 0.15) is 105 Å². The largest absolute Gasteiger partial charge is 0.471 e. The molecule has 4 aliphatic rings. The molecular formula is C31H46F8O4S. The van der Waals surface area contributed by atoms with Crippen molar-refractivity contribution < 1.29 is 52.5 Å². The molecule has 4 nitrogen and oxygen atoms in total. The first kappa shape index (κ1) is 35.7. The van der Waals surface area contributed by atoms with Crippen molar-refractivity contribution in [3.05, 3.63) is 11.8 Å². The zero-order valence-corrected chi connectivity index (χ0v) is 26.9. The minimum atomic E-state index is -6.60. The van der Waals surface area contributed by atoms with Crippen LogP contribution in [0.3, 0.4) is 0 Å². The third-order valence-electron chi connectivity index (χ3n) is 11.8. The van der Waals surface area contributed by atoms with Crippen molar-refractivity contribution in [3.63, 3.8) is 0 Å². The number of rotatable bonds is 12. The summed E-state index contributed by atoms with van der Waals surface area (Å²) in [5.41, 5.74) is -0.0365. The quantitative estimate of drug-likeness (QED) is 0.154. The normalized spacial score (nSPS) is 35.6.